The molecule has 0 spiro atoms. The molecule has 2 unspecified atom stereocenters. The summed E-state index contributed by atoms with van der Waals surface area (Å²) in [4.78, 5) is 0. The minimum Gasteiger partial charge on any atom is -0.396 e. The monoisotopic (exact) mass is 233 g/mol. The molecule has 2 rings (SSSR count). The van der Waals surface area contributed by atoms with Gasteiger partial charge in [0.05, 0.1) is 0 Å². The van der Waals surface area contributed by atoms with Gasteiger partial charge < -0.3 is 10.4 Å². The average molecular weight is 233 g/mol. The van der Waals surface area contributed by atoms with Crippen molar-refractivity contribution in [1.29, 1.82) is 0 Å². The summed E-state index contributed by atoms with van der Waals surface area (Å²) in [7, 11) is 0. The van der Waals surface area contributed by atoms with Crippen LogP contribution in [0.15, 0.2) is 18.2 Å². The second-order valence-corrected chi connectivity index (χ2v) is 5.28. The minimum absolute atomic E-state index is 0.324. The van der Waals surface area contributed by atoms with Gasteiger partial charge in [0.15, 0.2) is 0 Å². The first-order valence-corrected chi connectivity index (χ1v) is 6.61. The molecular weight excluding hydrogens is 210 g/mol. The summed E-state index contributed by atoms with van der Waals surface area (Å²) in [6, 6.07) is 7.13. The number of aliphatic hydroxyl groups is 1. The lowest BCUT2D eigenvalue weighted by Gasteiger charge is -2.19. The SMILES string of the molecule is Cc1ccc(CNC2CCCC2CO)cc1C. The van der Waals surface area contributed by atoms with Crippen molar-refractivity contribution >= 4 is 0 Å². The average Bonchev–Trinajstić information content (AvgIpc) is 2.78. The van der Waals surface area contributed by atoms with Crippen molar-refractivity contribution in [1.82, 2.24) is 5.32 Å². The first-order valence-electron chi connectivity index (χ1n) is 6.61. The second kappa shape index (κ2) is 5.65. The van der Waals surface area contributed by atoms with E-state index in [1.807, 2.05) is 0 Å². The highest BCUT2D eigenvalue weighted by Crippen LogP contribution is 2.25. The Morgan fingerprint density at radius 2 is 2.06 bits per heavy atom. The number of benzene rings is 1. The minimum atomic E-state index is 0.324. The molecule has 0 aromatic heterocycles. The van der Waals surface area contributed by atoms with Gasteiger partial charge in [-0.3, -0.25) is 0 Å². The lowest BCUT2D eigenvalue weighted by Crippen LogP contribution is -2.33. The van der Waals surface area contributed by atoms with Gasteiger partial charge >= 0.3 is 0 Å². The van der Waals surface area contributed by atoms with E-state index in [1.54, 1.807) is 0 Å². The number of aryl methyl sites for hydroxylation is 2. The maximum Gasteiger partial charge on any atom is 0.0474 e. The number of aliphatic hydroxyl groups excluding tert-OH is 1. The van der Waals surface area contributed by atoms with Crippen molar-refractivity contribution in [2.45, 2.75) is 45.7 Å². The summed E-state index contributed by atoms with van der Waals surface area (Å²) >= 11 is 0. The first-order chi connectivity index (χ1) is 8.20. The molecule has 1 aromatic rings. The predicted octanol–water partition coefficient (Wildman–Crippen LogP) is 2.55. The summed E-state index contributed by atoms with van der Waals surface area (Å²) in [6.45, 7) is 5.54. The van der Waals surface area contributed by atoms with Gasteiger partial charge in [0.1, 0.15) is 0 Å². The van der Waals surface area contributed by atoms with Gasteiger partial charge in [-0.1, -0.05) is 24.6 Å². The lowest BCUT2D eigenvalue weighted by atomic mass is 10.0. The second-order valence-electron chi connectivity index (χ2n) is 5.28. The molecule has 2 heteroatoms. The highest BCUT2D eigenvalue weighted by Gasteiger charge is 2.25. The molecule has 2 atom stereocenters. The Morgan fingerprint density at radius 1 is 1.24 bits per heavy atom. The van der Waals surface area contributed by atoms with E-state index in [-0.39, 0.29) is 0 Å². The van der Waals surface area contributed by atoms with E-state index in [2.05, 4.69) is 37.4 Å². The van der Waals surface area contributed by atoms with E-state index >= 15 is 0 Å². The largest absolute Gasteiger partial charge is 0.396 e. The molecule has 1 fully saturated rings. The molecule has 94 valence electrons. The molecule has 0 heterocycles. The van der Waals surface area contributed by atoms with Crippen molar-refractivity contribution in [3.8, 4) is 0 Å². The third-order valence-electron chi connectivity index (χ3n) is 4.03. The standard InChI is InChI=1S/C15H23NO/c1-11-6-7-13(8-12(11)2)9-16-15-5-3-4-14(15)10-17/h6-8,14-17H,3-5,9-10H2,1-2H3. The van der Waals surface area contributed by atoms with E-state index in [9.17, 15) is 5.11 Å². The number of hydrogen-bond donors (Lipinski definition) is 2. The van der Waals surface area contributed by atoms with Crippen LogP contribution < -0.4 is 5.32 Å². The maximum absolute atomic E-state index is 9.27. The summed E-state index contributed by atoms with van der Waals surface area (Å²) in [5.41, 5.74) is 4.05. The van der Waals surface area contributed by atoms with Gasteiger partial charge in [0.25, 0.3) is 0 Å². The fraction of sp³-hybridized carbons (Fsp3) is 0.600. The van der Waals surface area contributed by atoms with Crippen LogP contribution in [0.2, 0.25) is 0 Å². The number of hydrogen-bond acceptors (Lipinski definition) is 2. The fourth-order valence-electron chi connectivity index (χ4n) is 2.69. The molecule has 1 aliphatic carbocycles. The number of nitrogens with one attached hydrogen (secondary N) is 1. The molecule has 0 saturated heterocycles. The zero-order valence-corrected chi connectivity index (χ0v) is 10.9. The Morgan fingerprint density at radius 3 is 2.76 bits per heavy atom. The molecule has 1 saturated carbocycles. The molecule has 0 aliphatic heterocycles. The lowest BCUT2D eigenvalue weighted by molar-refractivity contribution is 0.205. The molecule has 2 N–H and O–H groups in total. The Bertz CT molecular complexity index is 375. The Balaban J connectivity index is 1.91. The van der Waals surface area contributed by atoms with E-state index in [0.29, 0.717) is 18.6 Å². The fourth-order valence-corrected chi connectivity index (χ4v) is 2.69. The number of rotatable bonds is 4. The zero-order valence-electron chi connectivity index (χ0n) is 10.9. The van der Waals surface area contributed by atoms with E-state index in [0.717, 1.165) is 6.54 Å². The van der Waals surface area contributed by atoms with Crippen LogP contribution in [0.4, 0.5) is 0 Å². The summed E-state index contributed by atoms with van der Waals surface area (Å²) in [6.07, 6.45) is 3.62. The third kappa shape index (κ3) is 3.08. The van der Waals surface area contributed by atoms with Gasteiger partial charge in [-0.2, -0.15) is 0 Å². The summed E-state index contributed by atoms with van der Waals surface area (Å²) in [5.74, 6) is 0.460. The van der Waals surface area contributed by atoms with Crippen LogP contribution in [-0.2, 0) is 6.54 Å². The van der Waals surface area contributed by atoms with E-state index in [4.69, 9.17) is 0 Å². The molecule has 0 radical (unpaired) electrons. The van der Waals surface area contributed by atoms with Gasteiger partial charge in [-0.15, -0.1) is 0 Å². The quantitative estimate of drug-likeness (QED) is 0.837. The van der Waals surface area contributed by atoms with Gasteiger partial charge in [-0.05, 0) is 49.3 Å². The molecule has 1 aliphatic rings. The zero-order chi connectivity index (χ0) is 12.3. The van der Waals surface area contributed by atoms with Gasteiger partial charge in [0, 0.05) is 19.2 Å². The van der Waals surface area contributed by atoms with E-state index in [1.165, 1.54) is 36.0 Å². The van der Waals surface area contributed by atoms with Crippen molar-refractivity contribution in [2.24, 2.45) is 5.92 Å². The Kier molecular flexibility index (Phi) is 4.19. The molecular formula is C15H23NO. The van der Waals surface area contributed by atoms with Crippen LogP contribution in [0.3, 0.4) is 0 Å². The highest BCUT2D eigenvalue weighted by atomic mass is 16.3. The smallest absolute Gasteiger partial charge is 0.0474 e. The Hall–Kier alpha value is -0.860. The topological polar surface area (TPSA) is 32.3 Å². The van der Waals surface area contributed by atoms with Crippen LogP contribution >= 0.6 is 0 Å². The van der Waals surface area contributed by atoms with Crippen LogP contribution in [0.5, 0.6) is 0 Å². The molecule has 2 nitrogen and oxygen atoms in total. The van der Waals surface area contributed by atoms with Crippen LogP contribution in [0.25, 0.3) is 0 Å². The molecule has 0 bridgehead atoms. The van der Waals surface area contributed by atoms with Crippen LogP contribution in [-0.4, -0.2) is 17.8 Å². The molecule has 1 aromatic carbocycles. The van der Waals surface area contributed by atoms with Gasteiger partial charge in [0.2, 0.25) is 0 Å². The predicted molar refractivity (Wildman–Crippen MR) is 71.0 cm³/mol. The third-order valence-corrected chi connectivity index (χ3v) is 4.03. The van der Waals surface area contributed by atoms with Crippen molar-refractivity contribution in [3.63, 3.8) is 0 Å². The van der Waals surface area contributed by atoms with Crippen molar-refractivity contribution < 1.29 is 5.11 Å². The van der Waals surface area contributed by atoms with E-state index < -0.39 is 0 Å². The van der Waals surface area contributed by atoms with Gasteiger partial charge in [-0.25, -0.2) is 0 Å². The molecule has 0 amide bonds. The van der Waals surface area contributed by atoms with Crippen LogP contribution in [0.1, 0.15) is 36.0 Å². The van der Waals surface area contributed by atoms with Crippen molar-refractivity contribution in [2.75, 3.05) is 6.61 Å². The summed E-state index contributed by atoms with van der Waals surface area (Å²) in [5, 5.41) is 12.9. The van der Waals surface area contributed by atoms with Crippen molar-refractivity contribution in [3.05, 3.63) is 34.9 Å². The van der Waals surface area contributed by atoms with Crippen LogP contribution in [0, 0.1) is 19.8 Å². The first kappa shape index (κ1) is 12.6. The summed E-state index contributed by atoms with van der Waals surface area (Å²) < 4.78 is 0. The maximum atomic E-state index is 9.27. The highest BCUT2D eigenvalue weighted by molar-refractivity contribution is 5.29. The Labute approximate surface area is 104 Å². The normalized spacial score (nSPS) is 24.2. The molecule has 17 heavy (non-hydrogen) atoms.